The fourth-order valence-corrected chi connectivity index (χ4v) is 1.64. The Balaban J connectivity index is 3.04. The summed E-state index contributed by atoms with van der Waals surface area (Å²) in [6.45, 7) is 2.74. The number of hydrogen-bond acceptors (Lipinski definition) is 3. The zero-order chi connectivity index (χ0) is 11.3. The molecule has 84 valence electrons. The molecule has 0 aliphatic rings. The zero-order valence-corrected chi connectivity index (χ0v) is 9.54. The standard InChI is InChI=1S/C12H18O3/c1-9-6-11(8-14-2)12(15-3)7-10(9)4-5-13/h6-7,13H,4-5,8H2,1-3H3. The number of methoxy groups -OCH3 is 2. The van der Waals surface area contributed by atoms with E-state index in [9.17, 15) is 0 Å². The van der Waals surface area contributed by atoms with Gasteiger partial charge in [0.2, 0.25) is 0 Å². The Bertz CT molecular complexity index is 321. The van der Waals surface area contributed by atoms with Crippen LogP contribution in [0.25, 0.3) is 0 Å². The number of aliphatic hydroxyl groups is 1. The first-order chi connectivity index (χ1) is 7.22. The van der Waals surface area contributed by atoms with Crippen LogP contribution in [0.5, 0.6) is 5.75 Å². The van der Waals surface area contributed by atoms with Gasteiger partial charge in [0.15, 0.2) is 0 Å². The van der Waals surface area contributed by atoms with Crippen molar-refractivity contribution in [3.8, 4) is 5.75 Å². The van der Waals surface area contributed by atoms with E-state index < -0.39 is 0 Å². The van der Waals surface area contributed by atoms with Crippen molar-refractivity contribution >= 4 is 0 Å². The van der Waals surface area contributed by atoms with Crippen molar-refractivity contribution in [2.24, 2.45) is 0 Å². The molecule has 0 aromatic heterocycles. The average molecular weight is 210 g/mol. The van der Waals surface area contributed by atoms with Gasteiger partial charge in [0, 0.05) is 19.3 Å². The fourth-order valence-electron chi connectivity index (χ4n) is 1.64. The molecule has 0 unspecified atom stereocenters. The van der Waals surface area contributed by atoms with Gasteiger partial charge in [-0.3, -0.25) is 0 Å². The molecule has 0 bridgehead atoms. The minimum absolute atomic E-state index is 0.160. The largest absolute Gasteiger partial charge is 0.496 e. The molecule has 1 aromatic carbocycles. The monoisotopic (exact) mass is 210 g/mol. The van der Waals surface area contributed by atoms with Gasteiger partial charge in [-0.15, -0.1) is 0 Å². The van der Waals surface area contributed by atoms with E-state index in [2.05, 4.69) is 0 Å². The maximum Gasteiger partial charge on any atom is 0.124 e. The van der Waals surface area contributed by atoms with Crippen LogP contribution in [0, 0.1) is 6.92 Å². The summed E-state index contributed by atoms with van der Waals surface area (Å²) in [5.74, 6) is 0.825. The van der Waals surface area contributed by atoms with Crippen LogP contribution in [-0.2, 0) is 17.8 Å². The van der Waals surface area contributed by atoms with Gasteiger partial charge in [-0.25, -0.2) is 0 Å². The summed E-state index contributed by atoms with van der Waals surface area (Å²) in [5, 5.41) is 8.91. The molecule has 3 nitrogen and oxygen atoms in total. The minimum Gasteiger partial charge on any atom is -0.496 e. The summed E-state index contributed by atoms with van der Waals surface area (Å²) in [7, 11) is 3.31. The van der Waals surface area contributed by atoms with E-state index in [-0.39, 0.29) is 6.61 Å². The van der Waals surface area contributed by atoms with Gasteiger partial charge in [-0.2, -0.15) is 0 Å². The molecule has 0 heterocycles. The molecule has 0 aliphatic carbocycles. The lowest BCUT2D eigenvalue weighted by Crippen LogP contribution is -2.00. The van der Waals surface area contributed by atoms with Gasteiger partial charge in [-0.05, 0) is 36.6 Å². The van der Waals surface area contributed by atoms with Crippen LogP contribution in [-0.4, -0.2) is 25.9 Å². The smallest absolute Gasteiger partial charge is 0.124 e. The van der Waals surface area contributed by atoms with Crippen LogP contribution in [0.4, 0.5) is 0 Å². The third kappa shape index (κ3) is 2.94. The third-order valence-corrected chi connectivity index (χ3v) is 2.42. The molecule has 1 rings (SSSR count). The number of benzene rings is 1. The van der Waals surface area contributed by atoms with Gasteiger partial charge in [0.25, 0.3) is 0 Å². The molecule has 0 amide bonds. The maximum absolute atomic E-state index is 8.91. The van der Waals surface area contributed by atoms with Crippen molar-refractivity contribution in [3.05, 3.63) is 28.8 Å². The van der Waals surface area contributed by atoms with Gasteiger partial charge >= 0.3 is 0 Å². The Morgan fingerprint density at radius 2 is 1.93 bits per heavy atom. The number of rotatable bonds is 5. The third-order valence-electron chi connectivity index (χ3n) is 2.42. The molecule has 1 aromatic rings. The quantitative estimate of drug-likeness (QED) is 0.803. The number of ether oxygens (including phenoxy) is 2. The molecular weight excluding hydrogens is 192 g/mol. The Morgan fingerprint density at radius 3 is 2.47 bits per heavy atom. The summed E-state index contributed by atoms with van der Waals surface area (Å²) in [4.78, 5) is 0. The predicted molar refractivity (Wildman–Crippen MR) is 59.2 cm³/mol. The molecule has 0 saturated carbocycles. The molecule has 0 radical (unpaired) electrons. The second-order valence-electron chi connectivity index (χ2n) is 3.50. The Kier molecular flexibility index (Phi) is 4.59. The van der Waals surface area contributed by atoms with Gasteiger partial charge in [-0.1, -0.05) is 0 Å². The summed E-state index contributed by atoms with van der Waals surface area (Å²) in [6, 6.07) is 4.02. The van der Waals surface area contributed by atoms with E-state index in [1.54, 1.807) is 14.2 Å². The summed E-state index contributed by atoms with van der Waals surface area (Å²) < 4.78 is 10.4. The highest BCUT2D eigenvalue weighted by atomic mass is 16.5. The lowest BCUT2D eigenvalue weighted by atomic mass is 10.0. The van der Waals surface area contributed by atoms with Crippen LogP contribution >= 0.6 is 0 Å². The maximum atomic E-state index is 8.91. The highest BCUT2D eigenvalue weighted by Gasteiger charge is 2.07. The van der Waals surface area contributed by atoms with E-state index in [1.165, 1.54) is 0 Å². The number of aliphatic hydroxyl groups excluding tert-OH is 1. The Labute approximate surface area is 90.6 Å². The van der Waals surface area contributed by atoms with E-state index >= 15 is 0 Å². The summed E-state index contributed by atoms with van der Waals surface area (Å²) >= 11 is 0. The number of hydrogen-bond donors (Lipinski definition) is 1. The highest BCUT2D eigenvalue weighted by Crippen LogP contribution is 2.24. The van der Waals surface area contributed by atoms with Crippen molar-refractivity contribution in [1.82, 2.24) is 0 Å². The van der Waals surface area contributed by atoms with Crippen LogP contribution < -0.4 is 4.74 Å². The molecule has 15 heavy (non-hydrogen) atoms. The molecule has 0 atom stereocenters. The van der Waals surface area contributed by atoms with Crippen LogP contribution in [0.1, 0.15) is 16.7 Å². The van der Waals surface area contributed by atoms with Crippen LogP contribution in [0.3, 0.4) is 0 Å². The van der Waals surface area contributed by atoms with Crippen molar-refractivity contribution < 1.29 is 14.6 Å². The molecule has 0 saturated heterocycles. The lowest BCUT2D eigenvalue weighted by molar-refractivity contribution is 0.181. The van der Waals surface area contributed by atoms with Gasteiger partial charge in [0.1, 0.15) is 5.75 Å². The first kappa shape index (κ1) is 12.0. The van der Waals surface area contributed by atoms with E-state index in [0.717, 1.165) is 22.4 Å². The topological polar surface area (TPSA) is 38.7 Å². The molecule has 3 heteroatoms. The van der Waals surface area contributed by atoms with Crippen molar-refractivity contribution in [2.45, 2.75) is 20.0 Å². The Hall–Kier alpha value is -1.06. The molecule has 0 spiro atoms. The van der Waals surface area contributed by atoms with E-state index in [0.29, 0.717) is 13.0 Å². The minimum atomic E-state index is 0.160. The van der Waals surface area contributed by atoms with Crippen LogP contribution in [0.2, 0.25) is 0 Å². The molecule has 0 fully saturated rings. The first-order valence-electron chi connectivity index (χ1n) is 4.99. The normalized spacial score (nSPS) is 10.4. The zero-order valence-electron chi connectivity index (χ0n) is 9.54. The SMILES string of the molecule is COCc1cc(C)c(CCO)cc1OC. The van der Waals surface area contributed by atoms with Gasteiger partial charge in [0.05, 0.1) is 13.7 Å². The van der Waals surface area contributed by atoms with Crippen molar-refractivity contribution in [3.63, 3.8) is 0 Å². The average Bonchev–Trinajstić information content (AvgIpc) is 2.22. The summed E-state index contributed by atoms with van der Waals surface area (Å²) in [5.41, 5.74) is 3.32. The van der Waals surface area contributed by atoms with E-state index in [4.69, 9.17) is 14.6 Å². The highest BCUT2D eigenvalue weighted by molar-refractivity contribution is 5.42. The van der Waals surface area contributed by atoms with Crippen LogP contribution in [0.15, 0.2) is 12.1 Å². The fraction of sp³-hybridized carbons (Fsp3) is 0.500. The van der Waals surface area contributed by atoms with E-state index in [1.807, 2.05) is 19.1 Å². The van der Waals surface area contributed by atoms with Crippen molar-refractivity contribution in [1.29, 1.82) is 0 Å². The summed E-state index contributed by atoms with van der Waals surface area (Å²) in [6.07, 6.45) is 0.662. The lowest BCUT2D eigenvalue weighted by Gasteiger charge is -2.12. The Morgan fingerprint density at radius 1 is 1.20 bits per heavy atom. The second-order valence-corrected chi connectivity index (χ2v) is 3.50. The number of aryl methyl sites for hydroxylation is 1. The molecular formula is C12H18O3. The molecule has 1 N–H and O–H groups in total. The molecule has 0 aliphatic heterocycles. The van der Waals surface area contributed by atoms with Gasteiger partial charge < -0.3 is 14.6 Å². The van der Waals surface area contributed by atoms with Crippen molar-refractivity contribution in [2.75, 3.05) is 20.8 Å². The second kappa shape index (κ2) is 5.73. The first-order valence-corrected chi connectivity index (χ1v) is 4.99. The predicted octanol–water partition coefficient (Wildman–Crippen LogP) is 1.68.